The number of anilines is 1. The number of hydrogen-bond donors (Lipinski definition) is 3. The predicted molar refractivity (Wildman–Crippen MR) is 170 cm³/mol. The molecule has 10 nitrogen and oxygen atoms in total. The summed E-state index contributed by atoms with van der Waals surface area (Å²) in [6.45, 7) is 3.53. The van der Waals surface area contributed by atoms with E-state index in [1.54, 1.807) is 31.0 Å². The van der Waals surface area contributed by atoms with Gasteiger partial charge in [0.1, 0.15) is 23.9 Å². The number of likely N-dealkylation sites (tertiary alicyclic amines) is 1. The van der Waals surface area contributed by atoms with Crippen LogP contribution < -0.4 is 10.1 Å². The summed E-state index contributed by atoms with van der Waals surface area (Å²) in [5, 5.41) is 12.4. The van der Waals surface area contributed by atoms with Crippen LogP contribution in [-0.2, 0) is 4.79 Å². The minimum atomic E-state index is -0.361. The largest absolute Gasteiger partial charge is 0.492 e. The van der Waals surface area contributed by atoms with Crippen molar-refractivity contribution in [3.05, 3.63) is 73.2 Å². The Hall–Kier alpha value is -5.16. The van der Waals surface area contributed by atoms with Gasteiger partial charge in [0, 0.05) is 52.8 Å². The number of ether oxygens (including phenoxy) is 1. The topological polar surface area (TPSA) is 125 Å². The summed E-state index contributed by atoms with van der Waals surface area (Å²) < 4.78 is 20.8. The number of rotatable bonds is 9. The molecule has 6 heterocycles. The van der Waals surface area contributed by atoms with Crippen LogP contribution in [0.2, 0.25) is 0 Å². The van der Waals surface area contributed by atoms with Crippen molar-refractivity contribution in [3.63, 3.8) is 0 Å². The van der Waals surface area contributed by atoms with Crippen molar-refractivity contribution in [1.29, 1.82) is 0 Å². The van der Waals surface area contributed by atoms with Gasteiger partial charge in [-0.25, -0.2) is 4.39 Å². The molecule has 1 saturated carbocycles. The normalized spacial score (nSPS) is 15.2. The van der Waals surface area contributed by atoms with Gasteiger partial charge in [0.25, 0.3) is 0 Å². The number of pyridine rings is 3. The summed E-state index contributed by atoms with van der Waals surface area (Å²) >= 11 is 0. The molecule has 1 aliphatic carbocycles. The highest BCUT2D eigenvalue weighted by molar-refractivity contribution is 6.01. The van der Waals surface area contributed by atoms with Crippen molar-refractivity contribution >= 4 is 33.4 Å². The van der Waals surface area contributed by atoms with Gasteiger partial charge in [0.2, 0.25) is 5.91 Å². The lowest BCUT2D eigenvalue weighted by Gasteiger charge is -2.15. The Balaban J connectivity index is 1.10. The third-order valence-electron chi connectivity index (χ3n) is 8.55. The van der Waals surface area contributed by atoms with Gasteiger partial charge in [-0.1, -0.05) is 0 Å². The molecule has 1 aromatic carbocycles. The summed E-state index contributed by atoms with van der Waals surface area (Å²) in [6.07, 6.45) is 12.9. The van der Waals surface area contributed by atoms with Gasteiger partial charge in [-0.05, 0) is 74.7 Å². The molecule has 0 radical (unpaired) electrons. The van der Waals surface area contributed by atoms with Crippen LogP contribution in [0.25, 0.3) is 55.6 Å². The van der Waals surface area contributed by atoms with E-state index in [1.165, 1.54) is 25.0 Å². The van der Waals surface area contributed by atoms with Crippen LogP contribution in [0.4, 0.5) is 10.1 Å². The fourth-order valence-electron chi connectivity index (χ4n) is 6.03. The maximum atomic E-state index is 14.8. The first-order chi connectivity index (χ1) is 22.1. The van der Waals surface area contributed by atoms with E-state index in [-0.39, 0.29) is 17.6 Å². The number of amides is 1. The van der Waals surface area contributed by atoms with Crippen LogP contribution in [0, 0.1) is 11.7 Å². The van der Waals surface area contributed by atoms with Crippen molar-refractivity contribution in [2.45, 2.75) is 25.7 Å². The number of H-pyrrole nitrogens is 2. The molecule has 3 N–H and O–H groups in total. The second-order valence-corrected chi connectivity index (χ2v) is 11.8. The lowest BCUT2D eigenvalue weighted by molar-refractivity contribution is -0.117. The smallest absolute Gasteiger partial charge is 0.227 e. The molecule has 0 spiro atoms. The molecule has 0 bridgehead atoms. The standard InChI is InChI=1S/C34H31FN8O2/c35-23-9-21(11-25(12-23)45-8-7-43-5-1-2-6-43)28-17-37-18-31-26(28)13-30(40-31)33-27-14-29(38-19-32(27)41-42-33)22-10-24(16-36-15-22)39-34(44)20-3-4-20/h9-20,40H,1-8H2,(H,39,44)(H,41,42). The number of nitrogens with zero attached hydrogens (tertiary/aromatic N) is 5. The van der Waals surface area contributed by atoms with E-state index in [0.717, 1.165) is 71.1 Å². The molecule has 1 saturated heterocycles. The Labute approximate surface area is 258 Å². The molecule has 1 aliphatic heterocycles. The average molecular weight is 603 g/mol. The lowest BCUT2D eigenvalue weighted by atomic mass is 10.0. The highest BCUT2D eigenvalue weighted by atomic mass is 19.1. The van der Waals surface area contributed by atoms with Gasteiger partial charge in [0.05, 0.1) is 46.7 Å². The van der Waals surface area contributed by atoms with Gasteiger partial charge >= 0.3 is 0 Å². The molecule has 5 aromatic heterocycles. The number of aromatic amines is 2. The highest BCUT2D eigenvalue weighted by Gasteiger charge is 2.29. The van der Waals surface area contributed by atoms with Crippen molar-refractivity contribution in [2.75, 3.05) is 31.6 Å². The van der Waals surface area contributed by atoms with Crippen molar-refractivity contribution < 1.29 is 13.9 Å². The molecule has 11 heteroatoms. The second-order valence-electron chi connectivity index (χ2n) is 11.8. The first-order valence-corrected chi connectivity index (χ1v) is 15.3. The summed E-state index contributed by atoms with van der Waals surface area (Å²) in [5.74, 6) is 0.271. The maximum Gasteiger partial charge on any atom is 0.227 e. The van der Waals surface area contributed by atoms with Crippen LogP contribution in [0.3, 0.4) is 0 Å². The first kappa shape index (κ1) is 27.4. The minimum Gasteiger partial charge on any atom is -0.492 e. The Kier molecular flexibility index (Phi) is 6.94. The van der Waals surface area contributed by atoms with E-state index in [4.69, 9.17) is 4.74 Å². The fourth-order valence-corrected chi connectivity index (χ4v) is 6.03. The Morgan fingerprint density at radius 1 is 0.933 bits per heavy atom. The zero-order valence-corrected chi connectivity index (χ0v) is 24.5. The highest BCUT2D eigenvalue weighted by Crippen LogP contribution is 2.36. The van der Waals surface area contributed by atoms with Crippen molar-refractivity contribution in [3.8, 4) is 39.5 Å². The summed E-state index contributed by atoms with van der Waals surface area (Å²) in [5.41, 5.74) is 6.69. The number of carbonyl (C=O) groups excluding carboxylic acids is 1. The summed E-state index contributed by atoms with van der Waals surface area (Å²) in [4.78, 5) is 31.5. The van der Waals surface area contributed by atoms with Crippen molar-refractivity contribution in [1.82, 2.24) is 35.0 Å². The Bertz CT molecular complexity index is 2040. The van der Waals surface area contributed by atoms with Crippen LogP contribution >= 0.6 is 0 Å². The Morgan fingerprint density at radius 3 is 2.67 bits per heavy atom. The minimum absolute atomic E-state index is 0.0293. The number of fused-ring (bicyclic) bond motifs is 2. The van der Waals surface area contributed by atoms with E-state index >= 15 is 0 Å². The molecule has 2 fully saturated rings. The summed E-state index contributed by atoms with van der Waals surface area (Å²) in [6, 6.07) is 10.7. The third-order valence-corrected chi connectivity index (χ3v) is 8.55. The monoisotopic (exact) mass is 602 g/mol. The van der Waals surface area contributed by atoms with E-state index in [0.29, 0.717) is 35.0 Å². The Morgan fingerprint density at radius 2 is 1.80 bits per heavy atom. The van der Waals surface area contributed by atoms with Crippen LogP contribution in [-0.4, -0.2) is 67.2 Å². The lowest BCUT2D eigenvalue weighted by Crippen LogP contribution is -2.25. The van der Waals surface area contributed by atoms with E-state index in [1.807, 2.05) is 24.3 Å². The first-order valence-electron chi connectivity index (χ1n) is 15.3. The molecule has 1 amide bonds. The molecule has 6 aromatic rings. The number of nitrogens with one attached hydrogen (secondary N) is 3. The predicted octanol–water partition coefficient (Wildman–Crippen LogP) is 6.19. The average Bonchev–Trinajstić information content (AvgIpc) is 3.40. The van der Waals surface area contributed by atoms with Gasteiger partial charge in [-0.2, -0.15) is 5.10 Å². The van der Waals surface area contributed by atoms with Crippen LogP contribution in [0.15, 0.2) is 67.4 Å². The molecule has 2 aliphatic rings. The quantitative estimate of drug-likeness (QED) is 0.180. The fraction of sp³-hybridized carbons (Fsp3) is 0.265. The molecular formula is C34H31FN8O2. The molecule has 0 atom stereocenters. The van der Waals surface area contributed by atoms with Gasteiger partial charge in [-0.3, -0.25) is 29.7 Å². The number of hydrogen-bond acceptors (Lipinski definition) is 7. The zero-order valence-electron chi connectivity index (χ0n) is 24.5. The number of aromatic nitrogens is 6. The summed E-state index contributed by atoms with van der Waals surface area (Å²) in [7, 11) is 0. The van der Waals surface area contributed by atoms with E-state index in [9.17, 15) is 9.18 Å². The molecule has 0 unspecified atom stereocenters. The number of benzene rings is 1. The molecule has 45 heavy (non-hydrogen) atoms. The number of carbonyl (C=O) groups is 1. The van der Waals surface area contributed by atoms with Gasteiger partial charge in [0.15, 0.2) is 0 Å². The van der Waals surface area contributed by atoms with Gasteiger partial charge in [-0.15, -0.1) is 0 Å². The number of halogens is 1. The third kappa shape index (κ3) is 5.62. The second kappa shape index (κ2) is 11.4. The molecule has 8 rings (SSSR count). The maximum absolute atomic E-state index is 14.8. The SMILES string of the molecule is O=C(Nc1cncc(-c2cc3c(-c4cc5c(-c6cc(F)cc(OCCN7CCCC7)c6)cncc5[nH]4)n[nH]c3cn2)c1)C1CC1. The van der Waals surface area contributed by atoms with E-state index < -0.39 is 0 Å². The molecular weight excluding hydrogens is 571 g/mol. The molecule has 226 valence electrons. The van der Waals surface area contributed by atoms with Crippen LogP contribution in [0.1, 0.15) is 25.7 Å². The zero-order chi connectivity index (χ0) is 30.3. The van der Waals surface area contributed by atoms with E-state index in [2.05, 4.69) is 40.3 Å². The van der Waals surface area contributed by atoms with Crippen LogP contribution in [0.5, 0.6) is 5.75 Å². The van der Waals surface area contributed by atoms with Gasteiger partial charge < -0.3 is 15.0 Å². The van der Waals surface area contributed by atoms with Crippen molar-refractivity contribution in [2.24, 2.45) is 5.92 Å².